The van der Waals surface area contributed by atoms with Gasteiger partial charge < -0.3 is 5.11 Å². The maximum atomic E-state index is 12.9. The van der Waals surface area contributed by atoms with Crippen LogP contribution in [0.5, 0.6) is 0 Å². The predicted molar refractivity (Wildman–Crippen MR) is 94.9 cm³/mol. The molecule has 3 fully saturated rings. The summed E-state index contributed by atoms with van der Waals surface area (Å²) in [5.74, 6) is -2.08. The van der Waals surface area contributed by atoms with Gasteiger partial charge in [0.2, 0.25) is 11.8 Å². The van der Waals surface area contributed by atoms with Crippen LogP contribution in [-0.4, -0.2) is 32.5 Å². The van der Waals surface area contributed by atoms with Crippen LogP contribution in [0.4, 0.5) is 5.69 Å². The number of anilines is 1. The number of aromatic carboxylic acids is 1. The fourth-order valence-corrected chi connectivity index (χ4v) is 6.49. The van der Waals surface area contributed by atoms with E-state index in [4.69, 9.17) is 11.6 Å². The molecule has 1 saturated heterocycles. The first-order valence-electron chi connectivity index (χ1n) is 7.51. The molecule has 5 nitrogen and oxygen atoms in total. The molecule has 4 rings (SSSR count). The summed E-state index contributed by atoms with van der Waals surface area (Å²) in [6.45, 7) is 0. The van der Waals surface area contributed by atoms with Crippen LogP contribution in [-0.2, 0) is 9.59 Å². The lowest BCUT2D eigenvalue weighted by atomic mass is 9.81. The molecule has 2 aliphatic carbocycles. The van der Waals surface area contributed by atoms with Crippen LogP contribution in [0.15, 0.2) is 18.2 Å². The first-order valence-corrected chi connectivity index (χ1v) is 9.72. The molecule has 1 aromatic rings. The van der Waals surface area contributed by atoms with Gasteiger partial charge in [0, 0.05) is 9.65 Å². The highest BCUT2D eigenvalue weighted by Gasteiger charge is 2.66. The Morgan fingerprint density at radius 1 is 1.12 bits per heavy atom. The van der Waals surface area contributed by atoms with Gasteiger partial charge in [0.25, 0.3) is 0 Å². The number of fused-ring (bicyclic) bond motifs is 5. The number of carboxylic acids is 1. The van der Waals surface area contributed by atoms with E-state index in [1.165, 1.54) is 18.2 Å². The molecule has 6 atom stereocenters. The van der Waals surface area contributed by atoms with Crippen molar-refractivity contribution in [2.45, 2.75) is 16.1 Å². The van der Waals surface area contributed by atoms with Crippen molar-refractivity contribution in [2.75, 3.05) is 4.90 Å². The van der Waals surface area contributed by atoms with Crippen LogP contribution in [0.2, 0.25) is 5.02 Å². The number of nitrogens with zero attached hydrogens (tertiary/aromatic N) is 1. The molecule has 1 aromatic carbocycles. The summed E-state index contributed by atoms with van der Waals surface area (Å²) in [4.78, 5) is 38.5. The van der Waals surface area contributed by atoms with E-state index < -0.39 is 5.97 Å². The average Bonchev–Trinajstić information content (AvgIpc) is 3.13. The minimum absolute atomic E-state index is 0.0756. The van der Waals surface area contributed by atoms with Crippen LogP contribution < -0.4 is 4.90 Å². The van der Waals surface area contributed by atoms with Gasteiger partial charge in [-0.2, -0.15) is 0 Å². The minimum atomic E-state index is -1.19. The summed E-state index contributed by atoms with van der Waals surface area (Å²) in [6, 6.07) is 4.22. The van der Waals surface area contributed by atoms with Crippen LogP contribution in [0.1, 0.15) is 16.8 Å². The zero-order chi connectivity index (χ0) is 17.3. The van der Waals surface area contributed by atoms with Crippen LogP contribution in [0.3, 0.4) is 0 Å². The molecular formula is C16H12Br2ClNO4. The molecule has 3 aliphatic rings. The van der Waals surface area contributed by atoms with E-state index in [0.717, 1.165) is 11.3 Å². The maximum absolute atomic E-state index is 12.9. The normalized spacial score (nSPS) is 37.2. The molecule has 1 aliphatic heterocycles. The van der Waals surface area contributed by atoms with E-state index >= 15 is 0 Å². The van der Waals surface area contributed by atoms with Crippen molar-refractivity contribution < 1.29 is 19.5 Å². The lowest BCUT2D eigenvalue weighted by Gasteiger charge is -2.28. The Balaban J connectivity index is 1.74. The first kappa shape index (κ1) is 16.5. The number of hydrogen-bond acceptors (Lipinski definition) is 3. The number of benzene rings is 1. The number of carbonyl (C=O) groups is 3. The summed E-state index contributed by atoms with van der Waals surface area (Å²) >= 11 is 13.2. The molecule has 1 heterocycles. The maximum Gasteiger partial charge on any atom is 0.337 e. The SMILES string of the molecule is O=C(O)c1cc(N2C(=O)C3C4CC(C(Br)C4Br)C3C2=O)ccc1Cl. The van der Waals surface area contributed by atoms with Gasteiger partial charge in [0.15, 0.2) is 0 Å². The molecule has 2 amide bonds. The Hall–Kier alpha value is -0.920. The molecule has 2 saturated carbocycles. The second-order valence-electron chi connectivity index (χ2n) is 6.49. The standard InChI is InChI=1S/C16H12Br2ClNO4/c17-12-7-4-8(13(12)18)11-10(7)14(21)20(15(11)22)5-1-2-9(19)6(3-5)16(23)24/h1-3,7-8,10-13H,4H2,(H,23,24). The number of alkyl halides is 2. The number of amides is 2. The Morgan fingerprint density at radius 3 is 2.17 bits per heavy atom. The van der Waals surface area contributed by atoms with Crippen molar-refractivity contribution in [2.24, 2.45) is 23.7 Å². The van der Waals surface area contributed by atoms with Crippen molar-refractivity contribution in [3.8, 4) is 0 Å². The van der Waals surface area contributed by atoms with Crippen LogP contribution in [0, 0.1) is 23.7 Å². The molecule has 8 heteroatoms. The van der Waals surface area contributed by atoms with Gasteiger partial charge in [-0.25, -0.2) is 4.79 Å². The number of halogens is 3. The lowest BCUT2D eigenvalue weighted by molar-refractivity contribution is -0.123. The van der Waals surface area contributed by atoms with E-state index in [9.17, 15) is 19.5 Å². The highest BCUT2D eigenvalue weighted by Crippen LogP contribution is 2.60. The summed E-state index contributed by atoms with van der Waals surface area (Å²) in [6.07, 6.45) is 0.855. The van der Waals surface area contributed by atoms with E-state index in [1.54, 1.807) is 0 Å². The molecule has 2 bridgehead atoms. The van der Waals surface area contributed by atoms with Gasteiger partial charge in [-0.05, 0) is 36.5 Å². The van der Waals surface area contributed by atoms with Crippen LogP contribution >= 0.6 is 43.5 Å². The quantitative estimate of drug-likeness (QED) is 0.524. The molecule has 126 valence electrons. The number of hydrogen-bond donors (Lipinski definition) is 1. The molecule has 6 unspecified atom stereocenters. The summed E-state index contributed by atoms with van der Waals surface area (Å²) in [5.41, 5.74) is 0.157. The highest BCUT2D eigenvalue weighted by atomic mass is 79.9. The first-order chi connectivity index (χ1) is 11.3. The summed E-state index contributed by atoms with van der Waals surface area (Å²) in [5, 5.41) is 9.28. The zero-order valence-electron chi connectivity index (χ0n) is 12.2. The fraction of sp³-hybridized carbons (Fsp3) is 0.438. The van der Waals surface area contributed by atoms with Gasteiger partial charge in [0.05, 0.1) is 28.1 Å². The molecule has 0 spiro atoms. The average molecular weight is 478 g/mol. The van der Waals surface area contributed by atoms with Crippen molar-refractivity contribution >= 4 is 66.9 Å². The van der Waals surface area contributed by atoms with E-state index in [2.05, 4.69) is 31.9 Å². The van der Waals surface area contributed by atoms with Crippen LogP contribution in [0.25, 0.3) is 0 Å². The Labute approximate surface area is 159 Å². The Morgan fingerprint density at radius 2 is 1.67 bits per heavy atom. The topological polar surface area (TPSA) is 74.7 Å². The number of carbonyl (C=O) groups excluding carboxylic acids is 2. The largest absolute Gasteiger partial charge is 0.478 e. The Bertz CT molecular complexity index is 753. The monoisotopic (exact) mass is 475 g/mol. The second kappa shape index (κ2) is 5.54. The fourth-order valence-electron chi connectivity index (χ4n) is 4.42. The van der Waals surface area contributed by atoms with Crippen molar-refractivity contribution in [3.63, 3.8) is 0 Å². The Kier molecular flexibility index (Phi) is 3.82. The van der Waals surface area contributed by atoms with E-state index in [1.807, 2.05) is 0 Å². The third-order valence-corrected chi connectivity index (χ3v) is 8.96. The summed E-state index contributed by atoms with van der Waals surface area (Å²) in [7, 11) is 0. The van der Waals surface area contributed by atoms with E-state index in [0.29, 0.717) is 0 Å². The van der Waals surface area contributed by atoms with E-state index in [-0.39, 0.29) is 61.4 Å². The molecule has 24 heavy (non-hydrogen) atoms. The van der Waals surface area contributed by atoms with Gasteiger partial charge in [0.1, 0.15) is 0 Å². The summed E-state index contributed by atoms with van der Waals surface area (Å²) < 4.78 is 0. The third kappa shape index (κ3) is 2.07. The zero-order valence-corrected chi connectivity index (χ0v) is 16.1. The second-order valence-corrected chi connectivity index (χ2v) is 9.01. The van der Waals surface area contributed by atoms with Crippen molar-refractivity contribution in [1.82, 2.24) is 0 Å². The van der Waals surface area contributed by atoms with Crippen molar-refractivity contribution in [1.29, 1.82) is 0 Å². The molecule has 0 radical (unpaired) electrons. The van der Waals surface area contributed by atoms with Gasteiger partial charge in [-0.3, -0.25) is 14.5 Å². The lowest BCUT2D eigenvalue weighted by Crippen LogP contribution is -2.37. The smallest absolute Gasteiger partial charge is 0.337 e. The van der Waals surface area contributed by atoms with Gasteiger partial charge in [-0.1, -0.05) is 43.5 Å². The number of carboxylic acid groups (broad SMARTS) is 1. The minimum Gasteiger partial charge on any atom is -0.478 e. The number of rotatable bonds is 2. The third-order valence-electron chi connectivity index (χ3n) is 5.43. The number of imide groups is 1. The highest BCUT2D eigenvalue weighted by molar-refractivity contribution is 9.12. The molecule has 0 aromatic heterocycles. The van der Waals surface area contributed by atoms with Crippen molar-refractivity contribution in [3.05, 3.63) is 28.8 Å². The molecule has 1 N–H and O–H groups in total. The predicted octanol–water partition coefficient (Wildman–Crippen LogP) is 3.32. The molecular weight excluding hydrogens is 465 g/mol. The van der Waals surface area contributed by atoms with Gasteiger partial charge >= 0.3 is 5.97 Å². The van der Waals surface area contributed by atoms with Gasteiger partial charge in [-0.15, -0.1) is 0 Å².